The fraction of sp³-hybridized carbons (Fsp3) is 0.100. The molecule has 0 bridgehead atoms. The van der Waals surface area contributed by atoms with Crippen molar-refractivity contribution >= 4 is 5.91 Å². The van der Waals surface area contributed by atoms with Crippen molar-refractivity contribution in [1.29, 1.82) is 0 Å². The largest absolute Gasteiger partial charge is 0.451 e. The van der Waals surface area contributed by atoms with E-state index >= 15 is 0 Å². The summed E-state index contributed by atoms with van der Waals surface area (Å²) in [6, 6.07) is 7.35. The molecule has 1 heterocycles. The number of carbonyl (C=O) groups is 1. The molecule has 0 N–H and O–H groups in total. The Labute approximate surface area is 80.2 Å². The van der Waals surface area contributed by atoms with Crippen LogP contribution in [0.4, 0.5) is 0 Å². The first-order valence-electron chi connectivity index (χ1n) is 4.15. The summed E-state index contributed by atoms with van der Waals surface area (Å²) in [6.45, 7) is 0. The van der Waals surface area contributed by atoms with Gasteiger partial charge in [-0.2, -0.15) is 0 Å². The van der Waals surface area contributed by atoms with Crippen LogP contribution in [0.1, 0.15) is 5.56 Å². The summed E-state index contributed by atoms with van der Waals surface area (Å²) in [7, 11) is 0. The third-order valence-corrected chi connectivity index (χ3v) is 1.99. The lowest BCUT2D eigenvalue weighted by atomic mass is 10.1. The second-order valence-electron chi connectivity index (χ2n) is 2.88. The van der Waals surface area contributed by atoms with Crippen molar-refractivity contribution < 1.29 is 9.53 Å². The van der Waals surface area contributed by atoms with Crippen LogP contribution in [0, 0.1) is 4.91 Å². The van der Waals surface area contributed by atoms with Crippen molar-refractivity contribution in [3.05, 3.63) is 46.6 Å². The fourth-order valence-corrected chi connectivity index (χ4v) is 1.31. The predicted octanol–water partition coefficient (Wildman–Crippen LogP) is 1.80. The van der Waals surface area contributed by atoms with E-state index in [-0.39, 0.29) is 5.76 Å². The number of amides is 1. The molecule has 0 saturated heterocycles. The molecule has 0 radical (unpaired) electrons. The number of hydrogen-bond donors (Lipinski definition) is 0. The maximum absolute atomic E-state index is 10.9. The molecule has 0 atom stereocenters. The summed E-state index contributed by atoms with van der Waals surface area (Å²) in [5, 5.41) is 2.30. The highest BCUT2D eigenvalue weighted by atomic mass is 16.5. The van der Waals surface area contributed by atoms with Gasteiger partial charge in [-0.15, -0.1) is 4.91 Å². The zero-order valence-corrected chi connectivity index (χ0v) is 7.27. The second kappa shape index (κ2) is 3.41. The van der Waals surface area contributed by atoms with Gasteiger partial charge >= 0.3 is 5.91 Å². The summed E-state index contributed by atoms with van der Waals surface area (Å²) in [6.07, 6.45) is 2.15. The van der Waals surface area contributed by atoms with Crippen LogP contribution < -0.4 is 4.74 Å². The van der Waals surface area contributed by atoms with E-state index in [9.17, 15) is 9.70 Å². The molecule has 0 aliphatic carbocycles. The van der Waals surface area contributed by atoms with Crippen LogP contribution in [0.2, 0.25) is 0 Å². The van der Waals surface area contributed by atoms with Crippen LogP contribution >= 0.6 is 0 Å². The Morgan fingerprint density at radius 1 is 1.36 bits per heavy atom. The molecule has 0 unspecified atom stereocenters. The first kappa shape index (κ1) is 8.62. The molecule has 0 spiro atoms. The number of carbonyl (C=O) groups excluding carboxylic acids is 1. The zero-order chi connectivity index (χ0) is 9.97. The quantitative estimate of drug-likeness (QED) is 0.633. The number of rotatable bonds is 1. The van der Waals surface area contributed by atoms with Gasteiger partial charge in [-0.25, -0.2) is 0 Å². The summed E-state index contributed by atoms with van der Waals surface area (Å²) in [4.78, 5) is 20.9. The average molecular weight is 189 g/mol. The van der Waals surface area contributed by atoms with Gasteiger partial charge in [0.2, 0.25) is 0 Å². The van der Waals surface area contributed by atoms with Gasteiger partial charge in [-0.3, -0.25) is 4.79 Å². The van der Waals surface area contributed by atoms with Crippen LogP contribution in [-0.2, 0) is 11.2 Å². The molecule has 1 aliphatic heterocycles. The second-order valence-corrected chi connectivity index (χ2v) is 2.88. The smallest absolute Gasteiger partial charge is 0.351 e. The maximum atomic E-state index is 10.9. The van der Waals surface area contributed by atoms with Crippen molar-refractivity contribution in [2.24, 2.45) is 5.18 Å². The van der Waals surface area contributed by atoms with Crippen molar-refractivity contribution in [3.8, 4) is 5.75 Å². The molecule has 1 aromatic carbocycles. The lowest BCUT2D eigenvalue weighted by Gasteiger charge is -2.14. The zero-order valence-electron chi connectivity index (χ0n) is 7.27. The number of ether oxygens (including phenoxy) is 1. The van der Waals surface area contributed by atoms with Crippen molar-refractivity contribution in [2.45, 2.75) is 6.42 Å². The van der Waals surface area contributed by atoms with Gasteiger partial charge in [0, 0.05) is 5.18 Å². The molecule has 4 nitrogen and oxygen atoms in total. The normalized spacial score (nSPS) is 13.6. The topological polar surface area (TPSA) is 55.7 Å². The highest BCUT2D eigenvalue weighted by Crippen LogP contribution is 2.25. The number of para-hydroxylation sites is 1. The molecule has 0 aromatic heterocycles. The standard InChI is InChI=1S/C10H7NO3/c12-10(11-13)9-6-5-7-3-1-2-4-8(7)14-9/h1-4,6H,5H2. The summed E-state index contributed by atoms with van der Waals surface area (Å²) < 4.78 is 5.20. The van der Waals surface area contributed by atoms with E-state index in [1.54, 1.807) is 18.2 Å². The number of nitroso groups, excluding NO2 is 1. The van der Waals surface area contributed by atoms with E-state index < -0.39 is 5.91 Å². The Hall–Kier alpha value is -1.97. The van der Waals surface area contributed by atoms with Gasteiger partial charge in [0.25, 0.3) is 0 Å². The molecule has 70 valence electrons. The van der Waals surface area contributed by atoms with Crippen molar-refractivity contribution in [2.75, 3.05) is 0 Å². The molecule has 1 aliphatic rings. The van der Waals surface area contributed by atoms with E-state index in [0.29, 0.717) is 12.2 Å². The number of hydrogen-bond acceptors (Lipinski definition) is 3. The molecule has 14 heavy (non-hydrogen) atoms. The van der Waals surface area contributed by atoms with E-state index in [2.05, 4.69) is 5.18 Å². The van der Waals surface area contributed by atoms with E-state index in [1.807, 2.05) is 12.1 Å². The first-order chi connectivity index (χ1) is 6.81. The van der Waals surface area contributed by atoms with Gasteiger partial charge in [-0.1, -0.05) is 18.2 Å². The van der Waals surface area contributed by atoms with Crippen LogP contribution in [0.5, 0.6) is 5.75 Å². The number of benzene rings is 1. The summed E-state index contributed by atoms with van der Waals surface area (Å²) in [5.74, 6) is -0.236. The maximum Gasteiger partial charge on any atom is 0.351 e. The Kier molecular flexibility index (Phi) is 2.10. The minimum absolute atomic E-state index is 0.0127. The lowest BCUT2D eigenvalue weighted by Crippen LogP contribution is -2.11. The Bertz CT molecular complexity index is 423. The van der Waals surface area contributed by atoms with E-state index in [4.69, 9.17) is 4.74 Å². The third-order valence-electron chi connectivity index (χ3n) is 1.99. The lowest BCUT2D eigenvalue weighted by molar-refractivity contribution is -0.116. The minimum atomic E-state index is -0.862. The first-order valence-corrected chi connectivity index (χ1v) is 4.15. The minimum Gasteiger partial charge on any atom is -0.451 e. The van der Waals surface area contributed by atoms with Crippen LogP contribution in [-0.4, -0.2) is 5.91 Å². The highest BCUT2D eigenvalue weighted by Gasteiger charge is 2.18. The predicted molar refractivity (Wildman–Crippen MR) is 49.7 cm³/mol. The Balaban J connectivity index is 2.29. The number of fused-ring (bicyclic) bond motifs is 1. The van der Waals surface area contributed by atoms with Crippen molar-refractivity contribution in [1.82, 2.24) is 0 Å². The van der Waals surface area contributed by atoms with Crippen LogP contribution in [0.15, 0.2) is 41.3 Å². The van der Waals surface area contributed by atoms with Crippen LogP contribution in [0.25, 0.3) is 0 Å². The third kappa shape index (κ3) is 1.42. The van der Waals surface area contributed by atoms with Gasteiger partial charge in [0.15, 0.2) is 5.76 Å². The molecular formula is C10H7NO3. The Morgan fingerprint density at radius 2 is 2.14 bits per heavy atom. The van der Waals surface area contributed by atoms with Gasteiger partial charge in [0.05, 0.1) is 0 Å². The van der Waals surface area contributed by atoms with Gasteiger partial charge in [-0.05, 0) is 24.1 Å². The summed E-state index contributed by atoms with van der Waals surface area (Å²) in [5.41, 5.74) is 0.995. The summed E-state index contributed by atoms with van der Waals surface area (Å²) >= 11 is 0. The molecule has 1 aromatic rings. The molecule has 1 amide bonds. The van der Waals surface area contributed by atoms with E-state index in [0.717, 1.165) is 5.56 Å². The molecule has 2 rings (SSSR count). The van der Waals surface area contributed by atoms with Gasteiger partial charge in [0.1, 0.15) is 5.75 Å². The number of nitrogens with zero attached hydrogens (tertiary/aromatic N) is 1. The van der Waals surface area contributed by atoms with Crippen LogP contribution in [0.3, 0.4) is 0 Å². The van der Waals surface area contributed by atoms with E-state index in [1.165, 1.54) is 0 Å². The van der Waals surface area contributed by atoms with Gasteiger partial charge < -0.3 is 4.74 Å². The average Bonchev–Trinajstić information content (AvgIpc) is 2.27. The number of allylic oxidation sites excluding steroid dienone is 1. The molecule has 0 fully saturated rings. The monoisotopic (exact) mass is 189 g/mol. The molecule has 4 heteroatoms. The van der Waals surface area contributed by atoms with Crippen molar-refractivity contribution in [3.63, 3.8) is 0 Å². The highest BCUT2D eigenvalue weighted by molar-refractivity contribution is 5.92. The molecular weight excluding hydrogens is 182 g/mol. The fourth-order valence-electron chi connectivity index (χ4n) is 1.31. The Morgan fingerprint density at radius 3 is 2.93 bits per heavy atom. The molecule has 0 saturated carbocycles. The SMILES string of the molecule is O=NC(=O)C1=CCc2ccccc2O1.